The van der Waals surface area contributed by atoms with Gasteiger partial charge in [-0.1, -0.05) is 12.1 Å². The largest absolute Gasteiger partial charge is 0.482 e. The molecule has 0 atom stereocenters. The molecular formula is C19H25IN4O2S. The summed E-state index contributed by atoms with van der Waals surface area (Å²) in [6.45, 7) is 2.32. The topological polar surface area (TPSA) is 57.2 Å². The van der Waals surface area contributed by atoms with Crippen LogP contribution < -0.4 is 15.0 Å². The number of para-hydroxylation sites is 2. The van der Waals surface area contributed by atoms with Crippen LogP contribution in [0.25, 0.3) is 0 Å². The lowest BCUT2D eigenvalue weighted by atomic mass is 10.2. The summed E-state index contributed by atoms with van der Waals surface area (Å²) in [6, 6.07) is 9.78. The molecule has 1 aromatic heterocycles. The Labute approximate surface area is 181 Å². The average molecular weight is 500 g/mol. The van der Waals surface area contributed by atoms with Gasteiger partial charge in [-0.25, -0.2) is 0 Å². The third-order valence-electron chi connectivity index (χ3n) is 4.22. The van der Waals surface area contributed by atoms with Gasteiger partial charge in [-0.05, 0) is 40.9 Å². The number of nitrogens with one attached hydrogen (secondary N) is 1. The number of fused-ring (bicyclic) bond motifs is 1. The molecule has 0 unspecified atom stereocenters. The third kappa shape index (κ3) is 5.58. The molecular weight excluding hydrogens is 475 g/mol. The van der Waals surface area contributed by atoms with Crippen molar-refractivity contribution in [3.63, 3.8) is 0 Å². The van der Waals surface area contributed by atoms with Crippen molar-refractivity contribution < 1.29 is 9.53 Å². The van der Waals surface area contributed by atoms with Crippen molar-refractivity contribution in [3.05, 3.63) is 46.7 Å². The predicted octanol–water partition coefficient (Wildman–Crippen LogP) is 3.19. The van der Waals surface area contributed by atoms with E-state index in [-0.39, 0.29) is 36.5 Å². The highest BCUT2D eigenvalue weighted by molar-refractivity contribution is 14.0. The molecule has 1 aliphatic heterocycles. The smallest absolute Gasteiger partial charge is 0.265 e. The molecule has 0 fully saturated rings. The van der Waals surface area contributed by atoms with Gasteiger partial charge in [0.1, 0.15) is 5.75 Å². The van der Waals surface area contributed by atoms with Gasteiger partial charge in [-0.15, -0.1) is 24.0 Å². The normalized spacial score (nSPS) is 13.5. The summed E-state index contributed by atoms with van der Waals surface area (Å²) in [4.78, 5) is 20.4. The Morgan fingerprint density at radius 2 is 2.19 bits per heavy atom. The number of amides is 1. The quantitative estimate of drug-likeness (QED) is 0.287. The van der Waals surface area contributed by atoms with E-state index in [1.165, 1.54) is 5.56 Å². The van der Waals surface area contributed by atoms with Gasteiger partial charge in [-0.2, -0.15) is 11.3 Å². The van der Waals surface area contributed by atoms with Crippen LogP contribution >= 0.6 is 35.3 Å². The number of benzene rings is 1. The lowest BCUT2D eigenvalue weighted by Gasteiger charge is -2.29. The maximum atomic E-state index is 12.2. The van der Waals surface area contributed by atoms with Gasteiger partial charge in [0.2, 0.25) is 0 Å². The number of hydrogen-bond donors (Lipinski definition) is 1. The van der Waals surface area contributed by atoms with Gasteiger partial charge in [0.05, 0.1) is 5.69 Å². The molecule has 1 aliphatic rings. The zero-order chi connectivity index (χ0) is 18.4. The van der Waals surface area contributed by atoms with E-state index in [2.05, 4.69) is 32.0 Å². The average Bonchev–Trinajstić information content (AvgIpc) is 3.16. The lowest BCUT2D eigenvalue weighted by molar-refractivity contribution is -0.121. The second-order valence-corrected chi connectivity index (χ2v) is 6.90. The van der Waals surface area contributed by atoms with Crippen LogP contribution in [0.5, 0.6) is 5.75 Å². The zero-order valence-electron chi connectivity index (χ0n) is 15.6. The summed E-state index contributed by atoms with van der Waals surface area (Å²) in [7, 11) is 3.81. The zero-order valence-corrected chi connectivity index (χ0v) is 18.7. The highest BCUT2D eigenvalue weighted by Crippen LogP contribution is 2.31. The van der Waals surface area contributed by atoms with E-state index in [0.717, 1.165) is 36.9 Å². The molecule has 0 saturated carbocycles. The van der Waals surface area contributed by atoms with Gasteiger partial charge in [0.25, 0.3) is 5.91 Å². The fourth-order valence-electron chi connectivity index (χ4n) is 2.95. The molecule has 8 heteroatoms. The van der Waals surface area contributed by atoms with Crippen LogP contribution in [0.2, 0.25) is 0 Å². The van der Waals surface area contributed by atoms with Crippen molar-refractivity contribution in [2.24, 2.45) is 4.99 Å². The standard InChI is InChI=1S/C19H24N4O2S.HI/c1-20-19(22(2)12-15-8-11-26-14-15)21-9-5-10-23-16-6-3-4-7-17(16)25-13-18(23)24;/h3-4,6-8,11,14H,5,9-10,12-13H2,1-2H3,(H,20,21);1H. The van der Waals surface area contributed by atoms with Crippen LogP contribution in [0.15, 0.2) is 46.1 Å². The predicted molar refractivity (Wildman–Crippen MR) is 121 cm³/mol. The molecule has 0 aliphatic carbocycles. The summed E-state index contributed by atoms with van der Waals surface area (Å²) in [6.07, 6.45) is 0.825. The van der Waals surface area contributed by atoms with Gasteiger partial charge in [0, 0.05) is 33.7 Å². The minimum absolute atomic E-state index is 0. The van der Waals surface area contributed by atoms with E-state index in [4.69, 9.17) is 4.74 Å². The molecule has 0 spiro atoms. The minimum atomic E-state index is 0. The SMILES string of the molecule is CN=C(NCCCN1C(=O)COc2ccccc21)N(C)Cc1ccsc1.I. The Kier molecular flexibility index (Phi) is 8.36. The summed E-state index contributed by atoms with van der Waals surface area (Å²) >= 11 is 1.70. The minimum Gasteiger partial charge on any atom is -0.482 e. The number of anilines is 1. The molecule has 6 nitrogen and oxygen atoms in total. The van der Waals surface area contributed by atoms with Crippen LogP contribution in [0.4, 0.5) is 5.69 Å². The first-order chi connectivity index (χ1) is 12.7. The van der Waals surface area contributed by atoms with Crippen molar-refractivity contribution in [1.29, 1.82) is 0 Å². The highest BCUT2D eigenvalue weighted by atomic mass is 127. The van der Waals surface area contributed by atoms with Gasteiger partial charge < -0.3 is 19.9 Å². The van der Waals surface area contributed by atoms with Crippen molar-refractivity contribution in [2.75, 3.05) is 38.7 Å². The molecule has 1 N–H and O–H groups in total. The van der Waals surface area contributed by atoms with Crippen LogP contribution in [0, 0.1) is 0 Å². The monoisotopic (exact) mass is 500 g/mol. The molecule has 1 aromatic carbocycles. The first-order valence-electron chi connectivity index (χ1n) is 8.64. The van der Waals surface area contributed by atoms with Crippen LogP contribution in [0.3, 0.4) is 0 Å². The Bertz CT molecular complexity index is 767. The number of thiophene rings is 1. The van der Waals surface area contributed by atoms with E-state index in [1.807, 2.05) is 31.3 Å². The number of halogens is 1. The van der Waals surface area contributed by atoms with Crippen molar-refractivity contribution in [2.45, 2.75) is 13.0 Å². The van der Waals surface area contributed by atoms with E-state index < -0.39 is 0 Å². The van der Waals surface area contributed by atoms with E-state index in [1.54, 1.807) is 23.3 Å². The van der Waals surface area contributed by atoms with E-state index in [9.17, 15) is 4.79 Å². The molecule has 2 aromatic rings. The van der Waals surface area contributed by atoms with E-state index >= 15 is 0 Å². The molecule has 0 bridgehead atoms. The Hall–Kier alpha value is -1.81. The number of carbonyl (C=O) groups excluding carboxylic acids is 1. The van der Waals surface area contributed by atoms with Crippen molar-refractivity contribution in [3.8, 4) is 5.75 Å². The fourth-order valence-corrected chi connectivity index (χ4v) is 3.61. The Balaban J connectivity index is 0.00000261. The number of nitrogens with zero attached hydrogens (tertiary/aromatic N) is 3. The first-order valence-corrected chi connectivity index (χ1v) is 9.58. The molecule has 3 rings (SSSR count). The lowest BCUT2D eigenvalue weighted by Crippen LogP contribution is -2.42. The summed E-state index contributed by atoms with van der Waals surface area (Å²) < 4.78 is 5.48. The van der Waals surface area contributed by atoms with Crippen LogP contribution in [-0.4, -0.2) is 50.6 Å². The maximum absolute atomic E-state index is 12.2. The van der Waals surface area contributed by atoms with Crippen molar-refractivity contribution in [1.82, 2.24) is 10.2 Å². The van der Waals surface area contributed by atoms with E-state index in [0.29, 0.717) is 6.54 Å². The third-order valence-corrected chi connectivity index (χ3v) is 4.96. The number of carbonyl (C=O) groups is 1. The number of hydrogen-bond acceptors (Lipinski definition) is 4. The van der Waals surface area contributed by atoms with Gasteiger partial charge in [0.15, 0.2) is 12.6 Å². The molecule has 1 amide bonds. The second kappa shape index (κ2) is 10.5. The maximum Gasteiger partial charge on any atom is 0.265 e. The van der Waals surface area contributed by atoms with Gasteiger partial charge in [-0.3, -0.25) is 9.79 Å². The van der Waals surface area contributed by atoms with Gasteiger partial charge >= 0.3 is 0 Å². The number of ether oxygens (including phenoxy) is 1. The molecule has 146 valence electrons. The number of aliphatic imine (C=N–C) groups is 1. The fraction of sp³-hybridized carbons (Fsp3) is 0.368. The van der Waals surface area contributed by atoms with Crippen LogP contribution in [0.1, 0.15) is 12.0 Å². The molecule has 0 saturated heterocycles. The molecule has 0 radical (unpaired) electrons. The summed E-state index contributed by atoms with van der Waals surface area (Å²) in [5.74, 6) is 1.62. The van der Waals surface area contributed by atoms with Crippen LogP contribution in [-0.2, 0) is 11.3 Å². The Morgan fingerprint density at radius 3 is 2.93 bits per heavy atom. The summed E-state index contributed by atoms with van der Waals surface area (Å²) in [5.41, 5.74) is 2.12. The Morgan fingerprint density at radius 1 is 1.37 bits per heavy atom. The molecule has 2 heterocycles. The summed E-state index contributed by atoms with van der Waals surface area (Å²) in [5, 5.41) is 7.59. The molecule has 27 heavy (non-hydrogen) atoms. The highest BCUT2D eigenvalue weighted by Gasteiger charge is 2.24. The number of guanidine groups is 1. The van der Waals surface area contributed by atoms with Crippen molar-refractivity contribution >= 4 is 52.9 Å². The number of rotatable bonds is 6. The first kappa shape index (κ1) is 21.5. The second-order valence-electron chi connectivity index (χ2n) is 6.12.